The molecule has 1 aromatic rings. The van der Waals surface area contributed by atoms with Gasteiger partial charge in [-0.15, -0.1) is 0 Å². The maximum absolute atomic E-state index is 12.9. The Bertz CT molecular complexity index is 288. The van der Waals surface area contributed by atoms with Crippen molar-refractivity contribution in [2.45, 2.75) is 6.92 Å². The van der Waals surface area contributed by atoms with E-state index in [9.17, 15) is 4.39 Å². The Morgan fingerprint density at radius 1 is 1.46 bits per heavy atom. The second-order valence-electron chi connectivity index (χ2n) is 3.05. The number of aryl methyl sites for hydroxylation is 1. The molecular formula is C10H14FNO. The molecule has 0 spiro atoms. The van der Waals surface area contributed by atoms with E-state index in [4.69, 9.17) is 4.74 Å². The Kier molecular flexibility index (Phi) is 3.25. The van der Waals surface area contributed by atoms with E-state index in [0.717, 1.165) is 5.69 Å². The van der Waals surface area contributed by atoms with Crippen molar-refractivity contribution in [1.29, 1.82) is 0 Å². The van der Waals surface area contributed by atoms with Gasteiger partial charge in [-0.25, -0.2) is 4.39 Å². The van der Waals surface area contributed by atoms with Crippen molar-refractivity contribution in [3.05, 3.63) is 29.6 Å². The molecular weight excluding hydrogens is 169 g/mol. The van der Waals surface area contributed by atoms with Gasteiger partial charge < -0.3 is 9.64 Å². The smallest absolute Gasteiger partial charge is 0.126 e. The maximum atomic E-state index is 12.9. The number of halogens is 1. The lowest BCUT2D eigenvalue weighted by Crippen LogP contribution is -2.19. The highest BCUT2D eigenvalue weighted by atomic mass is 19.1. The number of nitrogens with zero attached hydrogens (tertiary/aromatic N) is 1. The summed E-state index contributed by atoms with van der Waals surface area (Å²) in [5.74, 6) is -0.172. The molecule has 2 nitrogen and oxygen atoms in total. The molecule has 0 fully saturated rings. The van der Waals surface area contributed by atoms with Crippen LogP contribution in [0.15, 0.2) is 18.2 Å². The highest BCUT2D eigenvalue weighted by Crippen LogP contribution is 2.16. The van der Waals surface area contributed by atoms with Crippen molar-refractivity contribution in [2.24, 2.45) is 0 Å². The van der Waals surface area contributed by atoms with Gasteiger partial charge in [0.1, 0.15) is 12.5 Å². The lowest BCUT2D eigenvalue weighted by Gasteiger charge is -2.18. The molecule has 13 heavy (non-hydrogen) atoms. The summed E-state index contributed by atoms with van der Waals surface area (Å²) >= 11 is 0. The second-order valence-corrected chi connectivity index (χ2v) is 3.05. The highest BCUT2D eigenvalue weighted by Gasteiger charge is 2.02. The van der Waals surface area contributed by atoms with E-state index in [1.165, 1.54) is 6.07 Å². The molecule has 0 aliphatic heterocycles. The summed E-state index contributed by atoms with van der Waals surface area (Å²) in [4.78, 5) is 1.91. The van der Waals surface area contributed by atoms with Crippen LogP contribution in [-0.2, 0) is 4.74 Å². The fourth-order valence-electron chi connectivity index (χ4n) is 1.13. The van der Waals surface area contributed by atoms with Gasteiger partial charge in [0.15, 0.2) is 0 Å². The number of benzene rings is 1. The minimum Gasteiger partial charge on any atom is -0.364 e. The first-order valence-electron chi connectivity index (χ1n) is 4.11. The monoisotopic (exact) mass is 183 g/mol. The largest absolute Gasteiger partial charge is 0.364 e. The first kappa shape index (κ1) is 9.99. The molecule has 1 aromatic carbocycles. The molecule has 0 aliphatic carbocycles. The van der Waals surface area contributed by atoms with Crippen LogP contribution in [0.5, 0.6) is 0 Å². The first-order valence-corrected chi connectivity index (χ1v) is 4.11. The molecule has 0 unspecified atom stereocenters. The molecule has 0 aliphatic rings. The summed E-state index contributed by atoms with van der Waals surface area (Å²) in [7, 11) is 3.53. The summed E-state index contributed by atoms with van der Waals surface area (Å²) in [5, 5.41) is 0. The predicted octanol–water partition coefficient (Wildman–Crippen LogP) is 2.17. The van der Waals surface area contributed by atoms with Crippen LogP contribution in [0.4, 0.5) is 10.1 Å². The van der Waals surface area contributed by atoms with Crippen LogP contribution in [0.2, 0.25) is 0 Å². The number of anilines is 1. The van der Waals surface area contributed by atoms with Crippen molar-refractivity contribution in [3.8, 4) is 0 Å². The molecule has 0 atom stereocenters. The molecule has 1 rings (SSSR count). The lowest BCUT2D eigenvalue weighted by atomic mass is 10.2. The van der Waals surface area contributed by atoms with Crippen molar-refractivity contribution in [2.75, 3.05) is 25.8 Å². The van der Waals surface area contributed by atoms with Crippen LogP contribution < -0.4 is 4.90 Å². The third-order valence-electron chi connectivity index (χ3n) is 1.91. The van der Waals surface area contributed by atoms with Crippen molar-refractivity contribution in [3.63, 3.8) is 0 Å². The van der Waals surface area contributed by atoms with Gasteiger partial charge in [0.05, 0.1) is 0 Å². The van der Waals surface area contributed by atoms with Crippen LogP contribution in [0.1, 0.15) is 5.56 Å². The summed E-state index contributed by atoms with van der Waals surface area (Å²) in [6.07, 6.45) is 0. The zero-order valence-corrected chi connectivity index (χ0v) is 8.17. The summed E-state index contributed by atoms with van der Waals surface area (Å²) in [6, 6.07) is 5.01. The third-order valence-corrected chi connectivity index (χ3v) is 1.91. The van der Waals surface area contributed by atoms with Crippen LogP contribution in [-0.4, -0.2) is 20.9 Å². The lowest BCUT2D eigenvalue weighted by molar-refractivity contribution is 0.202. The zero-order chi connectivity index (χ0) is 9.84. The van der Waals surface area contributed by atoms with E-state index >= 15 is 0 Å². The van der Waals surface area contributed by atoms with Gasteiger partial charge in [0.25, 0.3) is 0 Å². The van der Waals surface area contributed by atoms with Gasteiger partial charge in [-0.1, -0.05) is 0 Å². The number of ether oxygens (including phenoxy) is 1. The summed E-state index contributed by atoms with van der Waals surface area (Å²) < 4.78 is 17.9. The fraction of sp³-hybridized carbons (Fsp3) is 0.400. The fourth-order valence-corrected chi connectivity index (χ4v) is 1.13. The molecule has 0 bridgehead atoms. The van der Waals surface area contributed by atoms with Crippen molar-refractivity contribution in [1.82, 2.24) is 0 Å². The number of hydrogen-bond acceptors (Lipinski definition) is 2. The van der Waals surface area contributed by atoms with Crippen LogP contribution in [0, 0.1) is 12.7 Å². The van der Waals surface area contributed by atoms with Crippen LogP contribution in [0.3, 0.4) is 0 Å². The zero-order valence-electron chi connectivity index (χ0n) is 8.17. The molecule has 0 radical (unpaired) electrons. The van der Waals surface area contributed by atoms with Gasteiger partial charge in [0, 0.05) is 19.8 Å². The minimum atomic E-state index is -0.172. The van der Waals surface area contributed by atoms with Gasteiger partial charge in [0.2, 0.25) is 0 Å². The maximum Gasteiger partial charge on any atom is 0.126 e. The Hall–Kier alpha value is -1.09. The van der Waals surface area contributed by atoms with Gasteiger partial charge >= 0.3 is 0 Å². The standard InChI is InChI=1S/C10H14FNO/c1-8-6-9(4-5-10(8)11)12(2)7-13-3/h4-6H,7H2,1-3H3. The number of hydrogen-bond donors (Lipinski definition) is 0. The molecule has 72 valence electrons. The average Bonchev–Trinajstić information content (AvgIpc) is 2.10. The van der Waals surface area contributed by atoms with E-state index in [1.54, 1.807) is 26.2 Å². The molecule has 3 heteroatoms. The summed E-state index contributed by atoms with van der Waals surface area (Å²) in [6.45, 7) is 2.25. The third kappa shape index (κ3) is 2.42. The first-order chi connectivity index (χ1) is 6.15. The second kappa shape index (κ2) is 4.23. The highest BCUT2D eigenvalue weighted by molar-refractivity contribution is 5.47. The Morgan fingerprint density at radius 2 is 2.15 bits per heavy atom. The van der Waals surface area contributed by atoms with Gasteiger partial charge in [-0.3, -0.25) is 0 Å². The molecule has 0 N–H and O–H groups in total. The molecule has 0 aromatic heterocycles. The van der Waals surface area contributed by atoms with E-state index < -0.39 is 0 Å². The SMILES string of the molecule is COCN(C)c1ccc(F)c(C)c1. The number of methoxy groups -OCH3 is 1. The van der Waals surface area contributed by atoms with E-state index in [1.807, 2.05) is 11.9 Å². The van der Waals surface area contributed by atoms with Crippen LogP contribution >= 0.6 is 0 Å². The van der Waals surface area contributed by atoms with Crippen molar-refractivity contribution >= 4 is 5.69 Å². The van der Waals surface area contributed by atoms with Crippen LogP contribution in [0.25, 0.3) is 0 Å². The van der Waals surface area contributed by atoms with Gasteiger partial charge in [-0.05, 0) is 30.7 Å². The predicted molar refractivity (Wildman–Crippen MR) is 51.4 cm³/mol. The molecule has 0 saturated heterocycles. The van der Waals surface area contributed by atoms with E-state index in [0.29, 0.717) is 12.3 Å². The average molecular weight is 183 g/mol. The Labute approximate surface area is 77.9 Å². The normalized spacial score (nSPS) is 10.2. The van der Waals surface area contributed by atoms with Crippen molar-refractivity contribution < 1.29 is 9.13 Å². The Morgan fingerprint density at radius 3 is 2.69 bits per heavy atom. The molecule has 0 saturated carbocycles. The topological polar surface area (TPSA) is 12.5 Å². The molecule has 0 amide bonds. The van der Waals surface area contributed by atoms with Gasteiger partial charge in [-0.2, -0.15) is 0 Å². The van der Waals surface area contributed by atoms with E-state index in [2.05, 4.69) is 0 Å². The quantitative estimate of drug-likeness (QED) is 0.666. The molecule has 0 heterocycles. The summed E-state index contributed by atoms with van der Waals surface area (Å²) in [5.41, 5.74) is 1.61. The van der Waals surface area contributed by atoms with E-state index in [-0.39, 0.29) is 5.82 Å². The Balaban J connectivity index is 2.84. The number of rotatable bonds is 3. The minimum absolute atomic E-state index is 0.172.